The van der Waals surface area contributed by atoms with E-state index in [0.717, 1.165) is 43.0 Å². The molecule has 0 radical (unpaired) electrons. The Labute approximate surface area is 119 Å². The molecule has 0 aliphatic heterocycles. The first-order valence-electron chi connectivity index (χ1n) is 7.00. The number of hydrogen-bond donors (Lipinski definition) is 1. The highest BCUT2D eigenvalue weighted by Gasteiger charge is 2.27. The average Bonchev–Trinajstić information content (AvgIpc) is 2.81. The molecule has 1 aliphatic carbocycles. The topological polar surface area (TPSA) is 64.0 Å². The van der Waals surface area contributed by atoms with Gasteiger partial charge in [0.25, 0.3) is 0 Å². The highest BCUT2D eigenvalue weighted by Crippen LogP contribution is 2.26. The molecule has 0 saturated heterocycles. The quantitative estimate of drug-likeness (QED) is 0.946. The largest absolute Gasteiger partial charge is 0.283 e. The first kappa shape index (κ1) is 13.4. The monoisotopic (exact) mass is 293 g/mol. The lowest BCUT2D eigenvalue weighted by atomic mass is 10.0. The third-order valence-electron chi connectivity index (χ3n) is 4.00. The summed E-state index contributed by atoms with van der Waals surface area (Å²) in [5.74, 6) is 0. The van der Waals surface area contributed by atoms with E-state index < -0.39 is 10.0 Å². The minimum absolute atomic E-state index is 0.251. The van der Waals surface area contributed by atoms with Gasteiger partial charge in [-0.1, -0.05) is 19.3 Å². The summed E-state index contributed by atoms with van der Waals surface area (Å²) in [4.78, 5) is 0. The summed E-state index contributed by atoms with van der Waals surface area (Å²) in [6, 6.07) is 5.52. The number of hydrogen-bond acceptors (Lipinski definition) is 3. The lowest BCUT2D eigenvalue weighted by Crippen LogP contribution is -2.29. The predicted molar refractivity (Wildman–Crippen MR) is 80.1 cm³/mol. The molecule has 0 atom stereocenters. The van der Waals surface area contributed by atoms with Crippen LogP contribution < -0.4 is 4.72 Å². The van der Waals surface area contributed by atoms with Crippen LogP contribution in [0.25, 0.3) is 10.9 Å². The molecule has 1 aliphatic rings. The summed E-state index contributed by atoms with van der Waals surface area (Å²) in [6.07, 6.45) is 6.47. The Balaban J connectivity index is 1.86. The van der Waals surface area contributed by atoms with Crippen LogP contribution in [0.2, 0.25) is 0 Å². The Morgan fingerprint density at radius 1 is 1.25 bits per heavy atom. The van der Waals surface area contributed by atoms with Crippen LogP contribution in [-0.4, -0.2) is 23.4 Å². The summed E-state index contributed by atoms with van der Waals surface area (Å²) in [7, 11) is -1.43. The number of fused-ring (bicyclic) bond motifs is 1. The summed E-state index contributed by atoms with van der Waals surface area (Å²) in [5.41, 5.74) is 1.54. The van der Waals surface area contributed by atoms with Crippen molar-refractivity contribution in [2.24, 2.45) is 7.05 Å². The first-order chi connectivity index (χ1) is 9.56. The van der Waals surface area contributed by atoms with Gasteiger partial charge in [-0.15, -0.1) is 0 Å². The Bertz CT molecular complexity index is 715. The molecule has 108 valence electrons. The summed E-state index contributed by atoms with van der Waals surface area (Å²) in [5, 5.41) is 4.92. The zero-order valence-electron chi connectivity index (χ0n) is 11.5. The number of sulfonamides is 1. The SMILES string of the molecule is Cn1ncc2ccc(NS(=O)(=O)C3CCCCC3)cc21. The van der Waals surface area contributed by atoms with Crippen LogP contribution in [-0.2, 0) is 17.1 Å². The Hall–Kier alpha value is -1.56. The van der Waals surface area contributed by atoms with E-state index in [1.807, 2.05) is 19.2 Å². The Morgan fingerprint density at radius 2 is 2.00 bits per heavy atom. The molecule has 2 aromatic rings. The van der Waals surface area contributed by atoms with Gasteiger partial charge in [0.2, 0.25) is 10.0 Å². The van der Waals surface area contributed by atoms with E-state index in [-0.39, 0.29) is 5.25 Å². The molecule has 20 heavy (non-hydrogen) atoms. The second-order valence-corrected chi connectivity index (χ2v) is 7.41. The number of rotatable bonds is 3. The lowest BCUT2D eigenvalue weighted by Gasteiger charge is -2.22. The molecular weight excluding hydrogens is 274 g/mol. The standard InChI is InChI=1S/C14H19N3O2S/c1-17-14-9-12(8-7-11(14)10-15-17)16-20(18,19)13-5-3-2-4-6-13/h7-10,13,16H,2-6H2,1H3. The van der Waals surface area contributed by atoms with Crippen LogP contribution in [0.4, 0.5) is 5.69 Å². The van der Waals surface area contributed by atoms with E-state index in [2.05, 4.69) is 9.82 Å². The molecule has 1 N–H and O–H groups in total. The van der Waals surface area contributed by atoms with Gasteiger partial charge in [-0.2, -0.15) is 5.10 Å². The molecule has 1 heterocycles. The molecule has 1 saturated carbocycles. The van der Waals surface area contributed by atoms with Gasteiger partial charge in [-0.3, -0.25) is 9.40 Å². The van der Waals surface area contributed by atoms with E-state index in [0.29, 0.717) is 5.69 Å². The smallest absolute Gasteiger partial charge is 0.235 e. The van der Waals surface area contributed by atoms with Crippen LogP contribution in [0.3, 0.4) is 0 Å². The fourth-order valence-corrected chi connectivity index (χ4v) is 4.41. The van der Waals surface area contributed by atoms with Crippen molar-refractivity contribution in [1.82, 2.24) is 9.78 Å². The van der Waals surface area contributed by atoms with E-state index in [4.69, 9.17) is 0 Å². The fraction of sp³-hybridized carbons (Fsp3) is 0.500. The highest BCUT2D eigenvalue weighted by molar-refractivity contribution is 7.93. The lowest BCUT2D eigenvalue weighted by molar-refractivity contribution is 0.486. The van der Waals surface area contributed by atoms with E-state index >= 15 is 0 Å². The number of anilines is 1. The fourth-order valence-electron chi connectivity index (χ4n) is 2.83. The van der Waals surface area contributed by atoms with Crippen molar-refractivity contribution in [2.75, 3.05) is 4.72 Å². The molecule has 5 nitrogen and oxygen atoms in total. The number of aryl methyl sites for hydroxylation is 1. The van der Waals surface area contributed by atoms with E-state index in [9.17, 15) is 8.42 Å². The maximum absolute atomic E-state index is 12.4. The molecule has 0 amide bonds. The van der Waals surface area contributed by atoms with Crippen molar-refractivity contribution in [2.45, 2.75) is 37.4 Å². The van der Waals surface area contributed by atoms with Crippen molar-refractivity contribution in [3.8, 4) is 0 Å². The summed E-state index contributed by atoms with van der Waals surface area (Å²) in [6.45, 7) is 0. The summed E-state index contributed by atoms with van der Waals surface area (Å²) < 4.78 is 29.2. The minimum Gasteiger partial charge on any atom is -0.283 e. The maximum Gasteiger partial charge on any atom is 0.235 e. The molecular formula is C14H19N3O2S. The van der Waals surface area contributed by atoms with Gasteiger partial charge in [0, 0.05) is 12.4 Å². The number of aromatic nitrogens is 2. The number of benzene rings is 1. The second kappa shape index (κ2) is 5.09. The zero-order valence-corrected chi connectivity index (χ0v) is 12.4. The van der Waals surface area contributed by atoms with Crippen LogP contribution in [0, 0.1) is 0 Å². The maximum atomic E-state index is 12.4. The first-order valence-corrected chi connectivity index (χ1v) is 8.54. The minimum atomic E-state index is -3.28. The van der Waals surface area contributed by atoms with Gasteiger partial charge in [0.05, 0.1) is 22.7 Å². The van der Waals surface area contributed by atoms with Crippen LogP contribution >= 0.6 is 0 Å². The Kier molecular flexibility index (Phi) is 3.41. The molecule has 3 rings (SSSR count). The average molecular weight is 293 g/mol. The second-order valence-electron chi connectivity index (χ2n) is 5.45. The van der Waals surface area contributed by atoms with Crippen molar-refractivity contribution < 1.29 is 8.42 Å². The van der Waals surface area contributed by atoms with Gasteiger partial charge >= 0.3 is 0 Å². The third kappa shape index (κ3) is 2.52. The predicted octanol–water partition coefficient (Wildman–Crippen LogP) is 2.65. The van der Waals surface area contributed by atoms with Gasteiger partial charge in [0.15, 0.2) is 0 Å². The van der Waals surface area contributed by atoms with Crippen molar-refractivity contribution in [1.29, 1.82) is 0 Å². The van der Waals surface area contributed by atoms with Gasteiger partial charge < -0.3 is 0 Å². The third-order valence-corrected chi connectivity index (χ3v) is 5.87. The van der Waals surface area contributed by atoms with Crippen molar-refractivity contribution in [3.05, 3.63) is 24.4 Å². The van der Waals surface area contributed by atoms with Crippen LogP contribution in [0.15, 0.2) is 24.4 Å². The molecule has 1 fully saturated rings. The molecule has 0 unspecified atom stereocenters. The van der Waals surface area contributed by atoms with Crippen LogP contribution in [0.5, 0.6) is 0 Å². The highest BCUT2D eigenvalue weighted by atomic mass is 32.2. The van der Waals surface area contributed by atoms with E-state index in [1.54, 1.807) is 16.9 Å². The van der Waals surface area contributed by atoms with Gasteiger partial charge in [0.1, 0.15) is 0 Å². The van der Waals surface area contributed by atoms with Crippen LogP contribution in [0.1, 0.15) is 32.1 Å². The van der Waals surface area contributed by atoms with Gasteiger partial charge in [-0.25, -0.2) is 8.42 Å². The molecule has 0 spiro atoms. The zero-order chi connectivity index (χ0) is 14.2. The normalized spacial score (nSPS) is 17.4. The molecule has 6 heteroatoms. The van der Waals surface area contributed by atoms with Gasteiger partial charge in [-0.05, 0) is 31.0 Å². The number of nitrogens with zero attached hydrogens (tertiary/aromatic N) is 2. The number of nitrogens with one attached hydrogen (secondary N) is 1. The Morgan fingerprint density at radius 3 is 2.75 bits per heavy atom. The molecule has 1 aromatic heterocycles. The molecule has 0 bridgehead atoms. The van der Waals surface area contributed by atoms with E-state index in [1.165, 1.54) is 0 Å². The molecule has 1 aromatic carbocycles. The summed E-state index contributed by atoms with van der Waals surface area (Å²) >= 11 is 0. The van der Waals surface area contributed by atoms with Crippen molar-refractivity contribution >= 4 is 26.6 Å². The van der Waals surface area contributed by atoms with Crippen molar-refractivity contribution in [3.63, 3.8) is 0 Å².